The minimum Gasteiger partial charge on any atom is -0.385 e. The van der Waals surface area contributed by atoms with Gasteiger partial charge < -0.3 is 10.5 Å². The fraction of sp³-hybridized carbons (Fsp3) is 0.692. The number of hydrogen-bond acceptors (Lipinski definition) is 4. The van der Waals surface area contributed by atoms with Crippen LogP contribution in [-0.4, -0.2) is 35.3 Å². The van der Waals surface area contributed by atoms with Gasteiger partial charge in [-0.1, -0.05) is 0 Å². The minimum atomic E-state index is -0.428. The first kappa shape index (κ1) is 16.3. The van der Waals surface area contributed by atoms with Crippen molar-refractivity contribution in [2.45, 2.75) is 45.7 Å². The van der Waals surface area contributed by atoms with E-state index >= 15 is 0 Å². The van der Waals surface area contributed by atoms with Crippen LogP contribution in [0, 0.1) is 6.92 Å². The van der Waals surface area contributed by atoms with Crippen LogP contribution < -0.4 is 5.73 Å². The van der Waals surface area contributed by atoms with Gasteiger partial charge in [0.15, 0.2) is 5.78 Å². The van der Waals surface area contributed by atoms with Gasteiger partial charge in [-0.25, -0.2) is 0 Å². The third-order valence-corrected chi connectivity index (χ3v) is 4.10. The fourth-order valence-electron chi connectivity index (χ4n) is 1.94. The van der Waals surface area contributed by atoms with Gasteiger partial charge in [-0.15, -0.1) is 0 Å². The Bertz CT molecular complexity index is 432. The maximum Gasteiger partial charge on any atom is 0.155 e. The summed E-state index contributed by atoms with van der Waals surface area (Å²) in [6.45, 7) is 5.30. The molecule has 1 atom stereocenters. The number of methoxy groups -OCH3 is 1. The SMILES string of the molecule is CCn1nc(C)c(Br)c1CC(=O)C(N)CCCOC. The largest absolute Gasteiger partial charge is 0.385 e. The number of aryl methyl sites for hydroxylation is 2. The van der Waals surface area contributed by atoms with Crippen molar-refractivity contribution in [3.8, 4) is 0 Å². The predicted octanol–water partition coefficient (Wildman–Crippen LogP) is 1.84. The molecule has 0 aliphatic heterocycles. The Morgan fingerprint density at radius 1 is 1.58 bits per heavy atom. The van der Waals surface area contributed by atoms with Gasteiger partial charge in [0.1, 0.15) is 0 Å². The van der Waals surface area contributed by atoms with Crippen molar-refractivity contribution >= 4 is 21.7 Å². The van der Waals surface area contributed by atoms with E-state index in [0.717, 1.165) is 28.8 Å². The molecule has 108 valence electrons. The van der Waals surface area contributed by atoms with E-state index < -0.39 is 6.04 Å². The average molecular weight is 332 g/mol. The van der Waals surface area contributed by atoms with Crippen molar-refractivity contribution < 1.29 is 9.53 Å². The average Bonchev–Trinajstić information content (AvgIpc) is 2.66. The maximum atomic E-state index is 12.1. The number of rotatable bonds is 8. The molecule has 19 heavy (non-hydrogen) atoms. The van der Waals surface area contributed by atoms with Gasteiger partial charge in [0.05, 0.1) is 28.3 Å². The molecule has 0 amide bonds. The molecule has 0 saturated carbocycles. The Balaban J connectivity index is 2.66. The van der Waals surface area contributed by atoms with Crippen LogP contribution in [0.3, 0.4) is 0 Å². The highest BCUT2D eigenvalue weighted by Gasteiger charge is 2.19. The first-order valence-corrected chi connectivity index (χ1v) is 7.29. The summed E-state index contributed by atoms with van der Waals surface area (Å²) in [6.07, 6.45) is 1.78. The van der Waals surface area contributed by atoms with Crippen LogP contribution in [-0.2, 0) is 22.5 Å². The second kappa shape index (κ2) is 7.77. The molecule has 0 bridgehead atoms. The summed E-state index contributed by atoms with van der Waals surface area (Å²) in [6, 6.07) is -0.428. The van der Waals surface area contributed by atoms with Crippen molar-refractivity contribution in [3.63, 3.8) is 0 Å². The highest BCUT2D eigenvalue weighted by molar-refractivity contribution is 9.10. The van der Waals surface area contributed by atoms with E-state index in [4.69, 9.17) is 10.5 Å². The zero-order chi connectivity index (χ0) is 14.4. The summed E-state index contributed by atoms with van der Waals surface area (Å²) in [7, 11) is 1.65. The van der Waals surface area contributed by atoms with Gasteiger partial charge in [-0.3, -0.25) is 9.48 Å². The summed E-state index contributed by atoms with van der Waals surface area (Å²) in [5.41, 5.74) is 7.71. The number of hydrogen-bond donors (Lipinski definition) is 1. The second-order valence-corrected chi connectivity index (χ2v) is 5.34. The molecule has 0 spiro atoms. The number of Topliss-reactive ketones (excluding diaryl/α,β-unsaturated/α-hetero) is 1. The number of halogens is 1. The Morgan fingerprint density at radius 2 is 2.26 bits per heavy atom. The normalized spacial score (nSPS) is 12.7. The van der Waals surface area contributed by atoms with Gasteiger partial charge >= 0.3 is 0 Å². The van der Waals surface area contributed by atoms with Crippen LogP contribution in [0.2, 0.25) is 0 Å². The predicted molar refractivity (Wildman–Crippen MR) is 78.1 cm³/mol. The van der Waals surface area contributed by atoms with Crippen molar-refractivity contribution in [3.05, 3.63) is 15.9 Å². The topological polar surface area (TPSA) is 70.1 Å². The van der Waals surface area contributed by atoms with Crippen molar-refractivity contribution in [1.82, 2.24) is 9.78 Å². The molecule has 6 heteroatoms. The van der Waals surface area contributed by atoms with Gasteiger partial charge in [-0.05, 0) is 42.6 Å². The molecule has 2 N–H and O–H groups in total. The van der Waals surface area contributed by atoms with Gasteiger partial charge in [0.2, 0.25) is 0 Å². The third kappa shape index (κ3) is 4.40. The molecule has 1 rings (SSSR count). The number of nitrogens with two attached hydrogens (primary N) is 1. The first-order chi connectivity index (χ1) is 9.01. The van der Waals surface area contributed by atoms with Crippen LogP contribution in [0.15, 0.2) is 4.47 Å². The lowest BCUT2D eigenvalue weighted by Crippen LogP contribution is -2.32. The van der Waals surface area contributed by atoms with E-state index in [1.54, 1.807) is 7.11 Å². The Labute approximate surface area is 122 Å². The Morgan fingerprint density at radius 3 is 2.84 bits per heavy atom. The molecular weight excluding hydrogens is 310 g/mol. The monoisotopic (exact) mass is 331 g/mol. The first-order valence-electron chi connectivity index (χ1n) is 6.50. The van der Waals surface area contributed by atoms with Crippen LogP contribution in [0.5, 0.6) is 0 Å². The number of carbonyl (C=O) groups excluding carboxylic acids is 1. The number of ketones is 1. The van der Waals surface area contributed by atoms with Crippen molar-refractivity contribution in [2.75, 3.05) is 13.7 Å². The summed E-state index contributed by atoms with van der Waals surface area (Å²) in [5.74, 6) is 0.0476. The smallest absolute Gasteiger partial charge is 0.155 e. The molecule has 1 aromatic rings. The zero-order valence-corrected chi connectivity index (χ0v) is 13.4. The number of aromatic nitrogens is 2. The molecule has 1 heterocycles. The number of ether oxygens (including phenoxy) is 1. The Hall–Kier alpha value is -0.720. The fourth-order valence-corrected chi connectivity index (χ4v) is 2.37. The lowest BCUT2D eigenvalue weighted by molar-refractivity contribution is -0.120. The Kier molecular flexibility index (Phi) is 6.68. The standard InChI is InChI=1S/C13H22BrN3O2/c1-4-17-11(13(14)9(2)16-17)8-12(18)10(15)6-5-7-19-3/h10H,4-8,15H2,1-3H3. The van der Waals surface area contributed by atoms with Crippen molar-refractivity contribution in [2.24, 2.45) is 5.73 Å². The molecule has 1 unspecified atom stereocenters. The van der Waals surface area contributed by atoms with E-state index in [-0.39, 0.29) is 5.78 Å². The number of nitrogens with zero attached hydrogens (tertiary/aromatic N) is 2. The highest BCUT2D eigenvalue weighted by Crippen LogP contribution is 2.22. The lowest BCUT2D eigenvalue weighted by atomic mass is 10.0. The zero-order valence-electron chi connectivity index (χ0n) is 11.8. The van der Waals surface area contributed by atoms with E-state index in [1.165, 1.54) is 0 Å². The molecule has 0 radical (unpaired) electrons. The van der Waals surface area contributed by atoms with E-state index in [1.807, 2.05) is 18.5 Å². The molecule has 0 saturated heterocycles. The van der Waals surface area contributed by atoms with Gasteiger partial charge in [0, 0.05) is 20.3 Å². The van der Waals surface area contributed by atoms with E-state index in [0.29, 0.717) is 19.4 Å². The molecule has 0 fully saturated rings. The van der Waals surface area contributed by atoms with Gasteiger partial charge in [-0.2, -0.15) is 5.10 Å². The quantitative estimate of drug-likeness (QED) is 0.738. The van der Waals surface area contributed by atoms with Crippen LogP contribution in [0.25, 0.3) is 0 Å². The van der Waals surface area contributed by atoms with Crippen LogP contribution in [0.4, 0.5) is 0 Å². The lowest BCUT2D eigenvalue weighted by Gasteiger charge is -2.11. The summed E-state index contributed by atoms with van der Waals surface area (Å²) in [4.78, 5) is 12.1. The van der Waals surface area contributed by atoms with E-state index in [9.17, 15) is 4.79 Å². The highest BCUT2D eigenvalue weighted by atomic mass is 79.9. The van der Waals surface area contributed by atoms with Crippen molar-refractivity contribution in [1.29, 1.82) is 0 Å². The van der Waals surface area contributed by atoms with Gasteiger partial charge in [0.25, 0.3) is 0 Å². The third-order valence-electron chi connectivity index (χ3n) is 3.07. The molecule has 5 nitrogen and oxygen atoms in total. The summed E-state index contributed by atoms with van der Waals surface area (Å²) >= 11 is 3.49. The molecule has 0 aromatic carbocycles. The van der Waals surface area contributed by atoms with E-state index in [2.05, 4.69) is 21.0 Å². The molecular formula is C13H22BrN3O2. The maximum absolute atomic E-state index is 12.1. The molecule has 1 aromatic heterocycles. The molecule has 0 aliphatic carbocycles. The summed E-state index contributed by atoms with van der Waals surface area (Å²) in [5, 5.41) is 4.37. The molecule has 0 aliphatic rings. The second-order valence-electron chi connectivity index (χ2n) is 4.55. The number of carbonyl (C=O) groups is 1. The van der Waals surface area contributed by atoms with Crippen LogP contribution in [0.1, 0.15) is 31.2 Å². The van der Waals surface area contributed by atoms with Crippen LogP contribution >= 0.6 is 15.9 Å². The summed E-state index contributed by atoms with van der Waals surface area (Å²) < 4.78 is 7.72. The minimum absolute atomic E-state index is 0.0476.